The van der Waals surface area contributed by atoms with E-state index in [1.54, 1.807) is 0 Å². The van der Waals surface area contributed by atoms with Gasteiger partial charge in [-0.05, 0) is 34.6 Å². The summed E-state index contributed by atoms with van der Waals surface area (Å²) in [6.07, 6.45) is 0. The van der Waals surface area contributed by atoms with Crippen LogP contribution in [0.1, 0.15) is 34.6 Å². The smallest absolute Gasteiger partial charge is 0.383 e. The van der Waals surface area contributed by atoms with Crippen LogP contribution in [0.4, 0.5) is 0 Å². The lowest BCUT2D eigenvalue weighted by Crippen LogP contribution is -2.52. The molecule has 0 atom stereocenters. The first kappa shape index (κ1) is 15.1. The molecule has 0 aromatic carbocycles. The van der Waals surface area contributed by atoms with Gasteiger partial charge in [-0.25, -0.2) is 0 Å². The van der Waals surface area contributed by atoms with Gasteiger partial charge in [0.15, 0.2) is 0 Å². The second-order valence-corrected chi connectivity index (χ2v) is 5.50. The summed E-state index contributed by atoms with van der Waals surface area (Å²) in [7, 11) is -1.94. The van der Waals surface area contributed by atoms with Gasteiger partial charge < -0.3 is 18.3 Å². The first-order valence-electron chi connectivity index (χ1n) is 5.65. The van der Waals surface area contributed by atoms with Gasteiger partial charge in [0.2, 0.25) is 5.41 Å². The first-order chi connectivity index (χ1) is 7.14. The molecule has 0 aromatic heterocycles. The number of hydrogen-bond acceptors (Lipinski definition) is 4. The maximum Gasteiger partial charge on any atom is 0.383 e. The fraction of sp³-hybridized carbons (Fsp3) is 1.00. The summed E-state index contributed by atoms with van der Waals surface area (Å²) in [5, 5.41) is 0. The highest BCUT2D eigenvalue weighted by Crippen LogP contribution is 2.18. The molecule has 0 saturated heterocycles. The molecule has 5 heteroatoms. The van der Waals surface area contributed by atoms with Crippen molar-refractivity contribution in [3.05, 3.63) is 0 Å². The first-order valence-corrected chi connectivity index (χ1v) is 7.17. The van der Waals surface area contributed by atoms with Gasteiger partial charge in [-0.2, -0.15) is 0 Å². The Morgan fingerprint density at radius 1 is 0.800 bits per heavy atom. The van der Waals surface area contributed by atoms with E-state index in [4.69, 9.17) is 18.3 Å². The van der Waals surface area contributed by atoms with E-state index in [2.05, 4.69) is 0 Å². The molecule has 0 aliphatic carbocycles. The van der Waals surface area contributed by atoms with E-state index in [-0.39, 0.29) is 0 Å². The van der Waals surface area contributed by atoms with Crippen molar-refractivity contribution in [3.8, 4) is 0 Å². The highest BCUT2D eigenvalue weighted by molar-refractivity contribution is 6.47. The second-order valence-electron chi connectivity index (χ2n) is 3.12. The summed E-state index contributed by atoms with van der Waals surface area (Å²) < 4.78 is 22.5. The van der Waals surface area contributed by atoms with Crippen LogP contribution < -0.4 is 0 Å². The normalized spacial score (nSPS) is 12.4. The maximum absolute atomic E-state index is 5.63. The zero-order chi connectivity index (χ0) is 11.7. The summed E-state index contributed by atoms with van der Waals surface area (Å²) in [6, 6.07) is 0. The summed E-state index contributed by atoms with van der Waals surface area (Å²) in [6.45, 7) is 12.2. The van der Waals surface area contributed by atoms with Crippen LogP contribution in [-0.2, 0) is 18.3 Å². The predicted octanol–water partition coefficient (Wildman–Crippen LogP) is 1.61. The van der Waals surface area contributed by atoms with E-state index in [1.807, 2.05) is 34.6 Å². The van der Waals surface area contributed by atoms with Gasteiger partial charge in [0.1, 0.15) is 0 Å². The van der Waals surface area contributed by atoms with Crippen molar-refractivity contribution in [1.82, 2.24) is 0 Å². The molecule has 0 heterocycles. The fourth-order valence-corrected chi connectivity index (χ4v) is 3.32. The molecule has 0 bridgehead atoms. The van der Waals surface area contributed by atoms with Crippen molar-refractivity contribution < 1.29 is 18.3 Å². The lowest BCUT2D eigenvalue weighted by Gasteiger charge is -2.34. The molecule has 0 saturated carbocycles. The van der Waals surface area contributed by atoms with Crippen molar-refractivity contribution in [2.24, 2.45) is 0 Å². The molecule has 0 aliphatic rings. The molecule has 0 unspecified atom stereocenters. The van der Waals surface area contributed by atoms with E-state index in [1.165, 1.54) is 0 Å². The lowest BCUT2D eigenvalue weighted by molar-refractivity contribution is -0.184. The molecule has 0 rings (SSSR count). The molecule has 4 nitrogen and oxygen atoms in total. The van der Waals surface area contributed by atoms with Gasteiger partial charge in [-0.1, -0.05) is 0 Å². The Bertz CT molecular complexity index is 142. The van der Waals surface area contributed by atoms with Crippen LogP contribution in [0.2, 0.25) is 0 Å². The van der Waals surface area contributed by atoms with Crippen LogP contribution in [0.3, 0.4) is 0 Å². The standard InChI is InChI=1S/C10H24O4Si/c1-6-11-10(5,12-7-2)15(13-8-3)14-9-4/h15H,6-9H2,1-5H3. The van der Waals surface area contributed by atoms with Crippen LogP contribution in [-0.4, -0.2) is 41.1 Å². The zero-order valence-corrected chi connectivity index (χ0v) is 11.7. The molecule has 0 aromatic rings. The zero-order valence-electron chi connectivity index (χ0n) is 10.5. The van der Waals surface area contributed by atoms with Gasteiger partial charge in [0.25, 0.3) is 0 Å². The number of ether oxygens (including phenoxy) is 2. The van der Waals surface area contributed by atoms with Crippen LogP contribution in [0, 0.1) is 0 Å². The SMILES string of the molecule is CCO[SiH](OCC)C(C)(OCC)OCC. The Kier molecular flexibility index (Phi) is 8.27. The van der Waals surface area contributed by atoms with Gasteiger partial charge in [-0.15, -0.1) is 0 Å². The van der Waals surface area contributed by atoms with Crippen LogP contribution >= 0.6 is 0 Å². The van der Waals surface area contributed by atoms with Gasteiger partial charge >= 0.3 is 9.28 Å². The Balaban J connectivity index is 4.48. The third-order valence-corrected chi connectivity index (χ3v) is 4.39. The summed E-state index contributed by atoms with van der Waals surface area (Å²) in [5.41, 5.74) is -0.685. The Hall–Kier alpha value is 0.0569. The largest absolute Gasteiger partial charge is 0.394 e. The van der Waals surface area contributed by atoms with Gasteiger partial charge in [0.05, 0.1) is 0 Å². The molecule has 92 valence electrons. The molecule has 0 fully saturated rings. The Labute approximate surface area is 94.7 Å². The predicted molar refractivity (Wildman–Crippen MR) is 62.1 cm³/mol. The third kappa shape index (κ3) is 5.08. The highest BCUT2D eigenvalue weighted by atomic mass is 28.3. The molecule has 0 amide bonds. The summed E-state index contributed by atoms with van der Waals surface area (Å²) in [5.74, 6) is 0. The van der Waals surface area contributed by atoms with E-state index in [0.29, 0.717) is 26.4 Å². The highest BCUT2D eigenvalue weighted by Gasteiger charge is 2.40. The maximum atomic E-state index is 5.63. The topological polar surface area (TPSA) is 36.9 Å². The average Bonchev–Trinajstić information content (AvgIpc) is 2.18. The van der Waals surface area contributed by atoms with E-state index < -0.39 is 14.7 Å². The van der Waals surface area contributed by atoms with Gasteiger partial charge in [0, 0.05) is 26.4 Å². The van der Waals surface area contributed by atoms with Crippen molar-refractivity contribution in [2.75, 3.05) is 26.4 Å². The minimum atomic E-state index is -1.94. The van der Waals surface area contributed by atoms with Crippen molar-refractivity contribution in [1.29, 1.82) is 0 Å². The summed E-state index contributed by atoms with van der Waals surface area (Å²) in [4.78, 5) is 0. The number of rotatable bonds is 9. The quantitative estimate of drug-likeness (QED) is 0.450. The van der Waals surface area contributed by atoms with E-state index >= 15 is 0 Å². The summed E-state index contributed by atoms with van der Waals surface area (Å²) >= 11 is 0. The average molecular weight is 236 g/mol. The van der Waals surface area contributed by atoms with E-state index in [0.717, 1.165) is 0 Å². The Morgan fingerprint density at radius 2 is 1.20 bits per heavy atom. The minimum Gasteiger partial charge on any atom is -0.394 e. The second kappa shape index (κ2) is 8.24. The lowest BCUT2D eigenvalue weighted by atomic mass is 10.7. The van der Waals surface area contributed by atoms with Crippen LogP contribution in [0.15, 0.2) is 0 Å². The number of hydrogen-bond donors (Lipinski definition) is 0. The minimum absolute atomic E-state index is 0.597. The van der Waals surface area contributed by atoms with Crippen LogP contribution in [0.5, 0.6) is 0 Å². The monoisotopic (exact) mass is 236 g/mol. The van der Waals surface area contributed by atoms with E-state index in [9.17, 15) is 0 Å². The molecule has 0 aliphatic heterocycles. The van der Waals surface area contributed by atoms with Crippen molar-refractivity contribution >= 4 is 9.28 Å². The molecule has 15 heavy (non-hydrogen) atoms. The molecule has 0 radical (unpaired) electrons. The van der Waals surface area contributed by atoms with Crippen molar-refractivity contribution in [2.45, 2.75) is 40.0 Å². The fourth-order valence-electron chi connectivity index (χ4n) is 1.40. The Morgan fingerprint density at radius 3 is 1.47 bits per heavy atom. The van der Waals surface area contributed by atoms with Crippen LogP contribution in [0.25, 0.3) is 0 Å². The molecular weight excluding hydrogens is 212 g/mol. The third-order valence-electron chi connectivity index (χ3n) is 1.93. The van der Waals surface area contributed by atoms with Gasteiger partial charge in [-0.3, -0.25) is 0 Å². The molecular formula is C10H24O4Si. The van der Waals surface area contributed by atoms with Crippen molar-refractivity contribution in [3.63, 3.8) is 0 Å². The molecule has 0 N–H and O–H groups in total. The molecule has 0 spiro atoms.